The van der Waals surface area contributed by atoms with E-state index in [0.29, 0.717) is 5.69 Å². The Hall–Kier alpha value is -2.01. The maximum absolute atomic E-state index is 5.86. The second kappa shape index (κ2) is 3.53. The molecule has 0 aliphatic rings. The third-order valence-electron chi connectivity index (χ3n) is 2.25. The van der Waals surface area contributed by atoms with Crippen molar-refractivity contribution in [3.63, 3.8) is 0 Å². The second-order valence-corrected chi connectivity index (χ2v) is 4.29. The molecule has 0 unspecified atom stereocenters. The smallest absolute Gasteiger partial charge is 0.143 e. The molecule has 0 radical (unpaired) electrons. The third-order valence-corrected chi connectivity index (χ3v) is 3.26. The van der Waals surface area contributed by atoms with Gasteiger partial charge in [-0.1, -0.05) is 11.3 Å². The minimum Gasteiger partial charge on any atom is -0.397 e. The molecule has 0 aliphatic heterocycles. The molecule has 3 heterocycles. The Kier molecular flexibility index (Phi) is 2.04. The van der Waals surface area contributed by atoms with Gasteiger partial charge in [0.2, 0.25) is 0 Å². The molecule has 0 bridgehead atoms. The fourth-order valence-corrected chi connectivity index (χ4v) is 2.44. The summed E-state index contributed by atoms with van der Waals surface area (Å²) in [4.78, 5) is 13.6. The van der Waals surface area contributed by atoms with Crippen molar-refractivity contribution >= 4 is 27.4 Å². The highest BCUT2D eigenvalue weighted by atomic mass is 32.1. The summed E-state index contributed by atoms with van der Waals surface area (Å²) in [6.45, 7) is 0. The van der Waals surface area contributed by atoms with Crippen molar-refractivity contribution in [2.24, 2.45) is 0 Å². The van der Waals surface area contributed by atoms with Gasteiger partial charge in [0.05, 0.1) is 11.9 Å². The molecule has 0 spiro atoms. The Balaban J connectivity index is 2.23. The second-order valence-electron chi connectivity index (χ2n) is 3.31. The summed E-state index contributed by atoms with van der Waals surface area (Å²) < 4.78 is 0. The highest BCUT2D eigenvalue weighted by Gasteiger charge is 2.08. The van der Waals surface area contributed by atoms with E-state index in [2.05, 4.69) is 15.0 Å². The van der Waals surface area contributed by atoms with Gasteiger partial charge >= 0.3 is 0 Å². The number of hydrogen-bond donors (Lipinski definition) is 1. The van der Waals surface area contributed by atoms with Crippen LogP contribution in [0.15, 0.2) is 36.8 Å². The first-order valence-corrected chi connectivity index (χ1v) is 5.57. The molecule has 16 heavy (non-hydrogen) atoms. The van der Waals surface area contributed by atoms with Gasteiger partial charge in [-0.3, -0.25) is 4.98 Å². The number of nitrogens with zero attached hydrogens (tertiary/aromatic N) is 3. The Morgan fingerprint density at radius 1 is 1.19 bits per heavy atom. The summed E-state index contributed by atoms with van der Waals surface area (Å²) in [6.07, 6.45) is 5.11. The van der Waals surface area contributed by atoms with Gasteiger partial charge in [0.15, 0.2) is 0 Å². The summed E-state index contributed by atoms with van der Waals surface area (Å²) in [5.41, 5.74) is 8.31. The van der Waals surface area contributed by atoms with E-state index < -0.39 is 0 Å². The zero-order valence-electron chi connectivity index (χ0n) is 8.29. The molecule has 3 aromatic rings. The van der Waals surface area contributed by atoms with E-state index in [-0.39, 0.29) is 0 Å². The van der Waals surface area contributed by atoms with Gasteiger partial charge < -0.3 is 5.73 Å². The normalized spacial score (nSPS) is 10.8. The maximum atomic E-state index is 5.86. The highest BCUT2D eigenvalue weighted by Crippen LogP contribution is 2.31. The first-order valence-electron chi connectivity index (χ1n) is 4.76. The van der Waals surface area contributed by atoms with Crippen LogP contribution in [0.4, 0.5) is 5.69 Å². The average molecular weight is 228 g/mol. The fraction of sp³-hybridized carbons (Fsp3) is 0. The third kappa shape index (κ3) is 1.42. The molecule has 0 aromatic carbocycles. The Labute approximate surface area is 95.8 Å². The molecule has 3 rings (SSSR count). The molecule has 0 saturated heterocycles. The monoisotopic (exact) mass is 228 g/mol. The number of rotatable bonds is 1. The van der Waals surface area contributed by atoms with Crippen molar-refractivity contribution in [3.05, 3.63) is 36.8 Å². The summed E-state index contributed by atoms with van der Waals surface area (Å²) >= 11 is 1.53. The first-order chi connectivity index (χ1) is 7.84. The van der Waals surface area contributed by atoms with Crippen LogP contribution in [0.5, 0.6) is 0 Å². The molecule has 4 nitrogen and oxygen atoms in total. The van der Waals surface area contributed by atoms with Gasteiger partial charge in [-0.25, -0.2) is 9.97 Å². The van der Waals surface area contributed by atoms with Crippen molar-refractivity contribution in [2.75, 3.05) is 5.73 Å². The molecule has 0 amide bonds. The van der Waals surface area contributed by atoms with Crippen LogP contribution in [0, 0.1) is 0 Å². The van der Waals surface area contributed by atoms with Crippen LogP contribution in [-0.2, 0) is 0 Å². The minimum atomic E-state index is 0.640. The number of thiazole rings is 1. The van der Waals surface area contributed by atoms with E-state index in [9.17, 15) is 0 Å². The summed E-state index contributed by atoms with van der Waals surface area (Å²) in [6, 6.07) is 5.69. The average Bonchev–Trinajstić information content (AvgIpc) is 2.73. The van der Waals surface area contributed by atoms with E-state index in [4.69, 9.17) is 5.73 Å². The molecule has 0 fully saturated rings. The quantitative estimate of drug-likeness (QED) is 0.694. The minimum absolute atomic E-state index is 0.640. The first kappa shape index (κ1) is 9.23. The number of aromatic nitrogens is 3. The molecule has 0 aliphatic carbocycles. The Morgan fingerprint density at radius 3 is 2.94 bits per heavy atom. The zero-order valence-corrected chi connectivity index (χ0v) is 9.11. The largest absolute Gasteiger partial charge is 0.397 e. The van der Waals surface area contributed by atoms with Crippen LogP contribution < -0.4 is 5.73 Å². The van der Waals surface area contributed by atoms with Crippen LogP contribution in [0.25, 0.3) is 20.9 Å². The lowest BCUT2D eigenvalue weighted by atomic mass is 10.2. The van der Waals surface area contributed by atoms with E-state index in [0.717, 1.165) is 20.9 Å². The van der Waals surface area contributed by atoms with E-state index in [1.54, 1.807) is 18.6 Å². The molecule has 0 saturated carbocycles. The lowest BCUT2D eigenvalue weighted by Gasteiger charge is -1.98. The standard InChI is InChI=1S/C11H8N4S/c12-8-6-13-5-3-7(8)10-15-9-2-1-4-14-11(9)16-10/h1-6H,12H2. The number of hydrogen-bond acceptors (Lipinski definition) is 5. The number of fused-ring (bicyclic) bond motifs is 1. The number of pyridine rings is 2. The summed E-state index contributed by atoms with van der Waals surface area (Å²) in [5, 5.41) is 0.883. The van der Waals surface area contributed by atoms with E-state index in [1.165, 1.54) is 11.3 Å². The topological polar surface area (TPSA) is 64.7 Å². The van der Waals surface area contributed by atoms with Crippen LogP contribution in [0.3, 0.4) is 0 Å². The molecule has 0 atom stereocenters. The molecule has 78 valence electrons. The van der Waals surface area contributed by atoms with Gasteiger partial charge in [0.1, 0.15) is 15.4 Å². The highest BCUT2D eigenvalue weighted by molar-refractivity contribution is 7.21. The molecular formula is C11H8N4S. The lowest BCUT2D eigenvalue weighted by molar-refractivity contribution is 1.33. The zero-order chi connectivity index (χ0) is 11.0. The summed E-state index contributed by atoms with van der Waals surface area (Å²) in [7, 11) is 0. The Bertz CT molecular complexity index is 614. The molecular weight excluding hydrogens is 220 g/mol. The maximum Gasteiger partial charge on any atom is 0.143 e. The van der Waals surface area contributed by atoms with E-state index >= 15 is 0 Å². The predicted octanol–water partition coefficient (Wildman–Crippen LogP) is 2.34. The van der Waals surface area contributed by atoms with E-state index in [1.807, 2.05) is 18.2 Å². The molecule has 3 aromatic heterocycles. The predicted molar refractivity (Wildman–Crippen MR) is 65.1 cm³/mol. The fourth-order valence-electron chi connectivity index (χ4n) is 1.49. The van der Waals surface area contributed by atoms with Crippen molar-refractivity contribution in [1.82, 2.24) is 15.0 Å². The van der Waals surface area contributed by atoms with Crippen LogP contribution in [-0.4, -0.2) is 15.0 Å². The molecule has 5 heteroatoms. The number of nitrogen functional groups attached to an aromatic ring is 1. The summed E-state index contributed by atoms with van der Waals surface area (Å²) in [5.74, 6) is 0. The van der Waals surface area contributed by atoms with Gasteiger partial charge in [0, 0.05) is 18.0 Å². The van der Waals surface area contributed by atoms with Gasteiger partial charge in [-0.2, -0.15) is 0 Å². The lowest BCUT2D eigenvalue weighted by Crippen LogP contribution is -1.89. The van der Waals surface area contributed by atoms with Crippen molar-refractivity contribution in [3.8, 4) is 10.6 Å². The van der Waals surface area contributed by atoms with Crippen LogP contribution in [0.1, 0.15) is 0 Å². The van der Waals surface area contributed by atoms with Crippen molar-refractivity contribution in [2.45, 2.75) is 0 Å². The number of anilines is 1. The Morgan fingerprint density at radius 2 is 2.12 bits per heavy atom. The molecule has 2 N–H and O–H groups in total. The van der Waals surface area contributed by atoms with Crippen LogP contribution in [0.2, 0.25) is 0 Å². The van der Waals surface area contributed by atoms with Crippen molar-refractivity contribution in [1.29, 1.82) is 0 Å². The van der Waals surface area contributed by atoms with Gasteiger partial charge in [-0.15, -0.1) is 0 Å². The van der Waals surface area contributed by atoms with Gasteiger partial charge in [0.25, 0.3) is 0 Å². The van der Waals surface area contributed by atoms with Crippen LogP contribution >= 0.6 is 11.3 Å². The van der Waals surface area contributed by atoms with Crippen molar-refractivity contribution < 1.29 is 0 Å². The van der Waals surface area contributed by atoms with Gasteiger partial charge in [-0.05, 0) is 18.2 Å². The number of nitrogens with two attached hydrogens (primary N) is 1. The SMILES string of the molecule is Nc1cnccc1-c1nc2cccnc2s1.